The highest BCUT2D eigenvalue weighted by Gasteiger charge is 2.20. The van der Waals surface area contributed by atoms with Gasteiger partial charge in [-0.15, -0.1) is 0 Å². The Morgan fingerprint density at radius 1 is 1.22 bits per heavy atom. The molecule has 0 heterocycles. The zero-order valence-electron chi connectivity index (χ0n) is 12.5. The van der Waals surface area contributed by atoms with E-state index >= 15 is 0 Å². The van der Waals surface area contributed by atoms with Crippen molar-refractivity contribution in [1.82, 2.24) is 15.1 Å². The maximum atomic E-state index is 11.8. The van der Waals surface area contributed by atoms with Crippen LogP contribution in [0.25, 0.3) is 0 Å². The van der Waals surface area contributed by atoms with Crippen LogP contribution in [0.1, 0.15) is 20.3 Å². The lowest BCUT2D eigenvalue weighted by atomic mass is 10.2. The summed E-state index contributed by atoms with van der Waals surface area (Å²) < 4.78 is 5.09. The summed E-state index contributed by atoms with van der Waals surface area (Å²) in [5.41, 5.74) is 0. The monoisotopic (exact) mass is 259 g/mol. The van der Waals surface area contributed by atoms with Crippen LogP contribution in [0.15, 0.2) is 0 Å². The minimum Gasteiger partial charge on any atom is -0.465 e. The van der Waals surface area contributed by atoms with Crippen LogP contribution < -0.4 is 5.32 Å². The maximum absolute atomic E-state index is 11.8. The van der Waals surface area contributed by atoms with Gasteiger partial charge in [-0.05, 0) is 41.0 Å². The quantitative estimate of drug-likeness (QED) is 0.576. The number of esters is 1. The van der Waals surface area contributed by atoms with Gasteiger partial charge in [-0.1, -0.05) is 6.92 Å². The van der Waals surface area contributed by atoms with Crippen LogP contribution in [0.5, 0.6) is 0 Å². The Bertz CT molecular complexity index is 222. The Kier molecular flexibility index (Phi) is 9.92. The van der Waals surface area contributed by atoms with Gasteiger partial charge in [0.05, 0.1) is 6.61 Å². The second-order valence-electron chi connectivity index (χ2n) is 4.82. The number of carbonyl (C=O) groups excluding carboxylic acids is 1. The molecule has 1 N–H and O–H groups in total. The summed E-state index contributed by atoms with van der Waals surface area (Å²) in [5.74, 6) is -0.150. The second kappa shape index (κ2) is 10.3. The summed E-state index contributed by atoms with van der Waals surface area (Å²) in [5, 5.41) is 3.24. The van der Waals surface area contributed by atoms with Gasteiger partial charge in [0.15, 0.2) is 0 Å². The number of hydrogen-bond acceptors (Lipinski definition) is 5. The van der Waals surface area contributed by atoms with E-state index in [1.165, 1.54) is 0 Å². The Morgan fingerprint density at radius 2 is 1.89 bits per heavy atom. The largest absolute Gasteiger partial charge is 0.465 e. The summed E-state index contributed by atoms with van der Waals surface area (Å²) in [4.78, 5) is 16.1. The molecule has 0 saturated carbocycles. The van der Waals surface area contributed by atoms with Gasteiger partial charge >= 0.3 is 5.97 Å². The van der Waals surface area contributed by atoms with Gasteiger partial charge in [-0.25, -0.2) is 0 Å². The van der Waals surface area contributed by atoms with Crippen molar-refractivity contribution in [2.24, 2.45) is 0 Å². The predicted octanol–water partition coefficient (Wildman–Crippen LogP) is 0.411. The molecule has 0 aromatic heterocycles. The zero-order chi connectivity index (χ0) is 14.0. The van der Waals surface area contributed by atoms with E-state index in [9.17, 15) is 4.79 Å². The molecule has 0 amide bonds. The van der Waals surface area contributed by atoms with Crippen LogP contribution in [0.3, 0.4) is 0 Å². The third-order valence-electron chi connectivity index (χ3n) is 2.64. The van der Waals surface area contributed by atoms with Crippen molar-refractivity contribution in [3.8, 4) is 0 Å². The van der Waals surface area contributed by atoms with Crippen LogP contribution in [-0.2, 0) is 9.53 Å². The van der Waals surface area contributed by atoms with Crippen LogP contribution in [0.4, 0.5) is 0 Å². The molecule has 5 nitrogen and oxygen atoms in total. The van der Waals surface area contributed by atoms with Gasteiger partial charge in [0.1, 0.15) is 6.04 Å². The minimum atomic E-state index is -0.225. The first kappa shape index (κ1) is 17.4. The summed E-state index contributed by atoms with van der Waals surface area (Å²) in [6.45, 7) is 7.81. The first-order valence-electron chi connectivity index (χ1n) is 6.74. The van der Waals surface area contributed by atoms with Crippen molar-refractivity contribution in [1.29, 1.82) is 0 Å². The molecule has 0 aromatic carbocycles. The smallest absolute Gasteiger partial charge is 0.324 e. The van der Waals surface area contributed by atoms with E-state index in [0.717, 1.165) is 26.1 Å². The molecule has 0 saturated heterocycles. The molecule has 0 aromatic rings. The number of likely N-dealkylation sites (N-methyl/N-ethyl adjacent to an activating group) is 2. The van der Waals surface area contributed by atoms with Crippen molar-refractivity contribution < 1.29 is 9.53 Å². The standard InChI is InChI=1S/C13H29N3O2/c1-6-8-14-12(13(17)18-7-2)11-16(5)10-9-15(3)4/h12,14H,6-11H2,1-5H3. The maximum Gasteiger partial charge on any atom is 0.324 e. The van der Waals surface area contributed by atoms with Crippen LogP contribution in [0, 0.1) is 0 Å². The molecule has 0 spiro atoms. The summed E-state index contributed by atoms with van der Waals surface area (Å²) in [7, 11) is 6.13. The number of nitrogens with zero attached hydrogens (tertiary/aromatic N) is 2. The van der Waals surface area contributed by atoms with E-state index in [4.69, 9.17) is 4.74 Å². The Balaban J connectivity index is 4.16. The number of ether oxygens (including phenoxy) is 1. The van der Waals surface area contributed by atoms with E-state index in [2.05, 4.69) is 22.0 Å². The Morgan fingerprint density at radius 3 is 2.39 bits per heavy atom. The summed E-state index contributed by atoms with van der Waals surface area (Å²) in [6.07, 6.45) is 1.01. The fraction of sp³-hybridized carbons (Fsp3) is 0.923. The lowest BCUT2D eigenvalue weighted by Crippen LogP contribution is -2.47. The van der Waals surface area contributed by atoms with E-state index < -0.39 is 0 Å². The van der Waals surface area contributed by atoms with Crippen LogP contribution >= 0.6 is 0 Å². The highest BCUT2D eigenvalue weighted by atomic mass is 16.5. The van der Waals surface area contributed by atoms with E-state index in [1.807, 2.05) is 28.1 Å². The van der Waals surface area contributed by atoms with E-state index in [-0.39, 0.29) is 12.0 Å². The summed E-state index contributed by atoms with van der Waals surface area (Å²) >= 11 is 0. The third-order valence-corrected chi connectivity index (χ3v) is 2.64. The minimum absolute atomic E-state index is 0.150. The molecule has 0 rings (SSSR count). The normalized spacial score (nSPS) is 13.1. The molecule has 0 bridgehead atoms. The molecule has 5 heteroatoms. The molecule has 18 heavy (non-hydrogen) atoms. The second-order valence-corrected chi connectivity index (χ2v) is 4.82. The molecule has 0 fully saturated rings. The third kappa shape index (κ3) is 8.44. The molecular formula is C13H29N3O2. The average molecular weight is 259 g/mol. The lowest BCUT2D eigenvalue weighted by Gasteiger charge is -2.24. The summed E-state index contributed by atoms with van der Waals surface area (Å²) in [6, 6.07) is -0.225. The predicted molar refractivity (Wildman–Crippen MR) is 74.8 cm³/mol. The highest BCUT2D eigenvalue weighted by Crippen LogP contribution is 1.95. The number of nitrogens with one attached hydrogen (secondary N) is 1. The molecule has 108 valence electrons. The van der Waals surface area contributed by atoms with Crippen molar-refractivity contribution in [2.75, 3.05) is 53.9 Å². The van der Waals surface area contributed by atoms with Crippen molar-refractivity contribution in [3.05, 3.63) is 0 Å². The number of hydrogen-bond donors (Lipinski definition) is 1. The van der Waals surface area contributed by atoms with Gasteiger partial charge in [0.25, 0.3) is 0 Å². The van der Waals surface area contributed by atoms with Gasteiger partial charge in [0.2, 0.25) is 0 Å². The highest BCUT2D eigenvalue weighted by molar-refractivity contribution is 5.76. The molecule has 0 aliphatic rings. The van der Waals surface area contributed by atoms with Crippen molar-refractivity contribution >= 4 is 5.97 Å². The SMILES string of the molecule is CCCNC(CN(C)CCN(C)C)C(=O)OCC. The fourth-order valence-electron chi connectivity index (χ4n) is 1.56. The van der Waals surface area contributed by atoms with Crippen LogP contribution in [0.2, 0.25) is 0 Å². The van der Waals surface area contributed by atoms with Crippen molar-refractivity contribution in [2.45, 2.75) is 26.3 Å². The number of rotatable bonds is 10. The van der Waals surface area contributed by atoms with E-state index in [0.29, 0.717) is 13.2 Å². The van der Waals surface area contributed by atoms with E-state index in [1.54, 1.807) is 0 Å². The first-order valence-corrected chi connectivity index (χ1v) is 6.74. The fourth-order valence-corrected chi connectivity index (χ4v) is 1.56. The molecule has 0 radical (unpaired) electrons. The van der Waals surface area contributed by atoms with Crippen LogP contribution in [-0.4, -0.2) is 75.7 Å². The topological polar surface area (TPSA) is 44.8 Å². The zero-order valence-corrected chi connectivity index (χ0v) is 12.5. The molecule has 0 aliphatic heterocycles. The van der Waals surface area contributed by atoms with Gasteiger partial charge in [-0.2, -0.15) is 0 Å². The van der Waals surface area contributed by atoms with Crippen molar-refractivity contribution in [3.63, 3.8) is 0 Å². The number of carbonyl (C=O) groups is 1. The molecule has 1 unspecified atom stereocenters. The first-order chi connectivity index (χ1) is 8.51. The average Bonchev–Trinajstić information content (AvgIpc) is 2.32. The van der Waals surface area contributed by atoms with Gasteiger partial charge < -0.3 is 19.9 Å². The molecule has 0 aliphatic carbocycles. The van der Waals surface area contributed by atoms with Gasteiger partial charge in [0, 0.05) is 19.6 Å². The molecule has 1 atom stereocenters. The lowest BCUT2D eigenvalue weighted by molar-refractivity contribution is -0.146. The Labute approximate surface area is 111 Å². The molecular weight excluding hydrogens is 230 g/mol. The van der Waals surface area contributed by atoms with Gasteiger partial charge in [-0.3, -0.25) is 4.79 Å². The Hall–Kier alpha value is -0.650.